The van der Waals surface area contributed by atoms with Gasteiger partial charge in [0, 0.05) is 23.1 Å². The monoisotopic (exact) mass is 415 g/mol. The number of amides is 1. The summed E-state index contributed by atoms with van der Waals surface area (Å²) in [5.74, 6) is -0.334. The number of nitrogens with two attached hydrogens (primary N) is 1. The largest absolute Gasteiger partial charge is 0.352 e. The van der Waals surface area contributed by atoms with Crippen LogP contribution in [0.25, 0.3) is 11.3 Å². The molecular weight excluding hydrogens is 394 g/mol. The summed E-state index contributed by atoms with van der Waals surface area (Å²) in [5, 5.41) is 11.1. The first-order valence-corrected chi connectivity index (χ1v) is 11.1. The molecule has 6 nitrogen and oxygen atoms in total. The van der Waals surface area contributed by atoms with E-state index < -0.39 is 10.0 Å². The lowest BCUT2D eigenvalue weighted by Crippen LogP contribution is -2.26. The third kappa shape index (κ3) is 4.83. The highest BCUT2D eigenvalue weighted by Gasteiger charge is 2.15. The number of nitrogens with zero attached hydrogens (tertiary/aromatic N) is 1. The lowest BCUT2D eigenvalue weighted by molar-refractivity contribution is 0.0954. The van der Waals surface area contributed by atoms with E-state index in [0.29, 0.717) is 18.5 Å². The molecule has 3 N–H and O–H groups in total. The first-order valence-electron chi connectivity index (χ1n) is 8.67. The van der Waals surface area contributed by atoms with Crippen LogP contribution in [0, 0.1) is 13.8 Å². The van der Waals surface area contributed by atoms with Gasteiger partial charge in [-0.05, 0) is 43.5 Å². The van der Waals surface area contributed by atoms with Gasteiger partial charge in [-0.3, -0.25) is 4.79 Å². The quantitative estimate of drug-likeness (QED) is 0.646. The number of rotatable bonds is 6. The van der Waals surface area contributed by atoms with Crippen molar-refractivity contribution < 1.29 is 13.2 Å². The smallest absolute Gasteiger partial charge is 0.251 e. The van der Waals surface area contributed by atoms with E-state index in [0.717, 1.165) is 21.8 Å². The second-order valence-electron chi connectivity index (χ2n) is 6.48. The Bertz CT molecular complexity index is 1100. The standard InChI is InChI=1S/C20H21N3O3S2/c1-13-3-6-17(11-19(13)28(21,25)26)20(24)22-10-9-15-4-7-16(8-5-15)18-12-27-14(2)23-18/h3-8,11-12H,9-10H2,1-2H3,(H,22,24)(H2,21,25,26). The van der Waals surface area contributed by atoms with Gasteiger partial charge >= 0.3 is 0 Å². The minimum atomic E-state index is -3.86. The zero-order valence-corrected chi connectivity index (χ0v) is 17.2. The predicted molar refractivity (Wildman–Crippen MR) is 111 cm³/mol. The zero-order chi connectivity index (χ0) is 20.3. The fraction of sp³-hybridized carbons (Fsp3) is 0.200. The number of aryl methyl sites for hydroxylation is 2. The van der Waals surface area contributed by atoms with Gasteiger partial charge in [0.25, 0.3) is 5.91 Å². The molecule has 1 aromatic heterocycles. The molecule has 2 aromatic carbocycles. The Balaban J connectivity index is 1.60. The second-order valence-corrected chi connectivity index (χ2v) is 9.07. The van der Waals surface area contributed by atoms with Crippen LogP contribution < -0.4 is 10.5 Å². The molecule has 1 heterocycles. The van der Waals surface area contributed by atoms with E-state index in [-0.39, 0.29) is 16.4 Å². The molecule has 28 heavy (non-hydrogen) atoms. The Morgan fingerprint density at radius 2 is 1.86 bits per heavy atom. The summed E-state index contributed by atoms with van der Waals surface area (Å²) >= 11 is 1.62. The molecule has 3 aromatic rings. The molecule has 3 rings (SSSR count). The van der Waals surface area contributed by atoms with Crippen LogP contribution in [-0.2, 0) is 16.4 Å². The predicted octanol–water partition coefficient (Wildman–Crippen LogP) is 3.05. The summed E-state index contributed by atoms with van der Waals surface area (Å²) in [6.45, 7) is 4.05. The first-order chi connectivity index (χ1) is 13.2. The van der Waals surface area contributed by atoms with Gasteiger partial charge < -0.3 is 5.32 Å². The van der Waals surface area contributed by atoms with Crippen LogP contribution in [0.15, 0.2) is 52.7 Å². The molecule has 0 aliphatic carbocycles. The molecule has 0 spiro atoms. The van der Waals surface area contributed by atoms with Crippen LogP contribution in [0.5, 0.6) is 0 Å². The first kappa shape index (κ1) is 20.2. The number of sulfonamides is 1. The molecule has 0 fully saturated rings. The van der Waals surface area contributed by atoms with E-state index in [9.17, 15) is 13.2 Å². The lowest BCUT2D eigenvalue weighted by Gasteiger charge is -2.09. The molecule has 0 bridgehead atoms. The topological polar surface area (TPSA) is 102 Å². The van der Waals surface area contributed by atoms with Gasteiger partial charge in [0.2, 0.25) is 10.0 Å². The fourth-order valence-corrected chi connectivity index (χ4v) is 4.24. The van der Waals surface area contributed by atoms with E-state index >= 15 is 0 Å². The Labute approximate surface area is 168 Å². The maximum Gasteiger partial charge on any atom is 0.251 e. The van der Waals surface area contributed by atoms with Crippen LogP contribution in [0.4, 0.5) is 0 Å². The van der Waals surface area contributed by atoms with Gasteiger partial charge in [0.1, 0.15) is 0 Å². The van der Waals surface area contributed by atoms with Crippen molar-refractivity contribution >= 4 is 27.3 Å². The Morgan fingerprint density at radius 3 is 2.46 bits per heavy atom. The minimum Gasteiger partial charge on any atom is -0.352 e. The molecular formula is C20H21N3O3S2. The highest BCUT2D eigenvalue weighted by atomic mass is 32.2. The summed E-state index contributed by atoms with van der Waals surface area (Å²) < 4.78 is 23.2. The maximum atomic E-state index is 12.3. The normalized spacial score (nSPS) is 11.4. The van der Waals surface area contributed by atoms with E-state index in [4.69, 9.17) is 5.14 Å². The number of aromatic nitrogens is 1. The molecule has 0 saturated carbocycles. The molecule has 0 aliphatic heterocycles. The zero-order valence-electron chi connectivity index (χ0n) is 15.6. The molecule has 0 atom stereocenters. The number of hydrogen-bond acceptors (Lipinski definition) is 5. The molecule has 0 aliphatic rings. The summed E-state index contributed by atoms with van der Waals surface area (Å²) in [5.41, 5.74) is 3.89. The van der Waals surface area contributed by atoms with E-state index in [1.165, 1.54) is 6.07 Å². The van der Waals surface area contributed by atoms with Crippen LogP contribution in [-0.4, -0.2) is 25.9 Å². The van der Waals surface area contributed by atoms with Crippen molar-refractivity contribution in [2.45, 2.75) is 25.2 Å². The summed E-state index contributed by atoms with van der Waals surface area (Å²) in [7, 11) is -3.86. The third-order valence-corrected chi connectivity index (χ3v) is 6.15. The summed E-state index contributed by atoms with van der Waals surface area (Å²) in [4.78, 5) is 16.7. The van der Waals surface area contributed by atoms with Crippen LogP contribution >= 0.6 is 11.3 Å². The van der Waals surface area contributed by atoms with Gasteiger partial charge in [-0.15, -0.1) is 11.3 Å². The highest BCUT2D eigenvalue weighted by molar-refractivity contribution is 7.89. The Kier molecular flexibility index (Phi) is 5.93. The molecule has 0 unspecified atom stereocenters. The van der Waals surface area contributed by atoms with Gasteiger partial charge in [0.15, 0.2) is 0 Å². The number of primary sulfonamides is 1. The van der Waals surface area contributed by atoms with Gasteiger partial charge in [-0.25, -0.2) is 18.5 Å². The number of benzene rings is 2. The van der Waals surface area contributed by atoms with E-state index in [2.05, 4.69) is 10.3 Å². The van der Waals surface area contributed by atoms with Gasteiger partial charge in [-0.1, -0.05) is 30.3 Å². The van der Waals surface area contributed by atoms with Crippen molar-refractivity contribution in [3.63, 3.8) is 0 Å². The van der Waals surface area contributed by atoms with Crippen molar-refractivity contribution in [3.05, 3.63) is 69.5 Å². The van der Waals surface area contributed by atoms with Crippen molar-refractivity contribution in [3.8, 4) is 11.3 Å². The highest BCUT2D eigenvalue weighted by Crippen LogP contribution is 2.22. The van der Waals surface area contributed by atoms with Crippen LogP contribution in [0.3, 0.4) is 0 Å². The SMILES string of the molecule is Cc1nc(-c2ccc(CCNC(=O)c3ccc(C)c(S(N)(=O)=O)c3)cc2)cs1. The van der Waals surface area contributed by atoms with Crippen LogP contribution in [0.1, 0.15) is 26.5 Å². The number of carbonyl (C=O) groups excluding carboxylic acids is 1. The molecule has 146 valence electrons. The average Bonchev–Trinajstić information content (AvgIpc) is 3.08. The van der Waals surface area contributed by atoms with E-state index in [1.54, 1.807) is 30.4 Å². The number of nitrogens with one attached hydrogen (secondary N) is 1. The number of hydrogen-bond donors (Lipinski definition) is 2. The fourth-order valence-electron chi connectivity index (χ4n) is 2.81. The number of carbonyl (C=O) groups is 1. The lowest BCUT2D eigenvalue weighted by atomic mass is 10.1. The average molecular weight is 416 g/mol. The third-order valence-electron chi connectivity index (χ3n) is 4.32. The Morgan fingerprint density at radius 1 is 1.14 bits per heavy atom. The van der Waals surface area contributed by atoms with Gasteiger partial charge in [0.05, 0.1) is 15.6 Å². The molecule has 0 saturated heterocycles. The number of thiazole rings is 1. The molecule has 8 heteroatoms. The van der Waals surface area contributed by atoms with Gasteiger partial charge in [-0.2, -0.15) is 0 Å². The van der Waals surface area contributed by atoms with Crippen molar-refractivity contribution in [1.29, 1.82) is 0 Å². The summed E-state index contributed by atoms with van der Waals surface area (Å²) in [6, 6.07) is 12.5. The van der Waals surface area contributed by atoms with E-state index in [1.807, 2.05) is 36.6 Å². The second kappa shape index (κ2) is 8.22. The van der Waals surface area contributed by atoms with Crippen LogP contribution in [0.2, 0.25) is 0 Å². The van der Waals surface area contributed by atoms with Crippen molar-refractivity contribution in [2.24, 2.45) is 5.14 Å². The molecule has 1 amide bonds. The maximum absolute atomic E-state index is 12.3. The Hall–Kier alpha value is -2.55. The minimum absolute atomic E-state index is 0.0342. The van der Waals surface area contributed by atoms with Crippen molar-refractivity contribution in [1.82, 2.24) is 10.3 Å². The molecule has 0 radical (unpaired) electrons. The van der Waals surface area contributed by atoms with Crippen molar-refractivity contribution in [2.75, 3.05) is 6.54 Å². The summed E-state index contributed by atoms with van der Waals surface area (Å²) in [6.07, 6.45) is 0.663.